The Kier molecular flexibility index (Phi) is 7.54. The van der Waals surface area contributed by atoms with E-state index in [1.807, 2.05) is 0 Å². The lowest BCUT2D eigenvalue weighted by Crippen LogP contribution is -2.39. The third-order valence-electron chi connectivity index (χ3n) is 4.44. The molecule has 0 aromatic carbocycles. The molecule has 0 aliphatic carbocycles. The maximum absolute atomic E-state index is 3.53. The molecule has 0 amide bonds. The average molecular weight is 276 g/mol. The van der Waals surface area contributed by atoms with Crippen molar-refractivity contribution in [2.75, 3.05) is 46.8 Å². The maximum atomic E-state index is 3.53. The summed E-state index contributed by atoms with van der Waals surface area (Å²) in [5, 5.41) is 3.53. The first kappa shape index (κ1) is 16.2. The summed E-state index contributed by atoms with van der Waals surface area (Å²) in [5.74, 6) is 0.902. The number of nitrogens with one attached hydrogen (secondary N) is 1. The Balaban J connectivity index is 0.00000162. The van der Waals surface area contributed by atoms with Crippen LogP contribution in [0, 0.1) is 5.92 Å². The Morgan fingerprint density at radius 3 is 2.61 bits per heavy atom. The second kappa shape index (κ2) is 8.36. The molecule has 1 N–H and O–H groups in total. The lowest BCUT2D eigenvalue weighted by Gasteiger charge is -2.29. The number of likely N-dealkylation sites (tertiary alicyclic amines) is 1. The largest absolute Gasteiger partial charge is 0.316 e. The first-order valence-electron chi connectivity index (χ1n) is 7.35. The van der Waals surface area contributed by atoms with E-state index < -0.39 is 0 Å². The molecule has 0 bridgehead atoms. The van der Waals surface area contributed by atoms with Crippen LogP contribution >= 0.6 is 12.4 Å². The number of hydrogen-bond acceptors (Lipinski definition) is 3. The summed E-state index contributed by atoms with van der Waals surface area (Å²) in [6.07, 6.45) is 6.92. The Morgan fingerprint density at radius 2 is 1.94 bits per heavy atom. The minimum Gasteiger partial charge on any atom is -0.316 e. The van der Waals surface area contributed by atoms with Crippen molar-refractivity contribution < 1.29 is 0 Å². The van der Waals surface area contributed by atoms with Crippen molar-refractivity contribution in [2.24, 2.45) is 5.92 Å². The van der Waals surface area contributed by atoms with Crippen LogP contribution in [0.15, 0.2) is 0 Å². The van der Waals surface area contributed by atoms with Gasteiger partial charge in [0.15, 0.2) is 0 Å². The summed E-state index contributed by atoms with van der Waals surface area (Å²) in [7, 11) is 4.46. The van der Waals surface area contributed by atoms with Gasteiger partial charge in [-0.25, -0.2) is 0 Å². The Morgan fingerprint density at radius 1 is 1.11 bits per heavy atom. The van der Waals surface area contributed by atoms with Gasteiger partial charge in [0, 0.05) is 12.6 Å². The lowest BCUT2D eigenvalue weighted by atomic mass is 9.99. The fourth-order valence-corrected chi connectivity index (χ4v) is 3.28. The van der Waals surface area contributed by atoms with Crippen LogP contribution in [0.5, 0.6) is 0 Å². The summed E-state index contributed by atoms with van der Waals surface area (Å²) in [6, 6.07) is 0.810. The predicted molar refractivity (Wildman–Crippen MR) is 80.6 cm³/mol. The van der Waals surface area contributed by atoms with Gasteiger partial charge < -0.3 is 15.1 Å². The molecule has 0 saturated carbocycles. The van der Waals surface area contributed by atoms with Gasteiger partial charge >= 0.3 is 0 Å². The second-order valence-corrected chi connectivity index (χ2v) is 6.06. The van der Waals surface area contributed by atoms with E-state index in [9.17, 15) is 0 Å². The van der Waals surface area contributed by atoms with Crippen LogP contribution in [-0.2, 0) is 0 Å². The molecule has 0 aromatic heterocycles. The normalized spacial score (nSPS) is 30.8. The Bertz CT molecular complexity index is 217. The molecular formula is C14H30ClN3. The van der Waals surface area contributed by atoms with Crippen LogP contribution in [0.4, 0.5) is 0 Å². The molecule has 2 unspecified atom stereocenters. The predicted octanol–water partition coefficient (Wildman–Crippen LogP) is 1.82. The second-order valence-electron chi connectivity index (χ2n) is 6.06. The first-order valence-corrected chi connectivity index (χ1v) is 7.35. The monoisotopic (exact) mass is 275 g/mol. The van der Waals surface area contributed by atoms with Crippen LogP contribution in [0.2, 0.25) is 0 Å². The quantitative estimate of drug-likeness (QED) is 0.848. The number of rotatable bonds is 3. The van der Waals surface area contributed by atoms with Gasteiger partial charge in [0.2, 0.25) is 0 Å². The Hall–Kier alpha value is 0.170. The summed E-state index contributed by atoms with van der Waals surface area (Å²) in [4.78, 5) is 5.12. The molecule has 2 aliphatic heterocycles. The molecule has 2 atom stereocenters. The summed E-state index contributed by atoms with van der Waals surface area (Å²) >= 11 is 0. The van der Waals surface area contributed by atoms with Crippen molar-refractivity contribution in [3.8, 4) is 0 Å². The summed E-state index contributed by atoms with van der Waals surface area (Å²) in [5.41, 5.74) is 0. The van der Waals surface area contributed by atoms with Crippen molar-refractivity contribution in [3.63, 3.8) is 0 Å². The highest BCUT2D eigenvalue weighted by Gasteiger charge is 2.21. The van der Waals surface area contributed by atoms with E-state index in [1.165, 1.54) is 64.8 Å². The molecule has 18 heavy (non-hydrogen) atoms. The van der Waals surface area contributed by atoms with E-state index in [0.29, 0.717) is 0 Å². The van der Waals surface area contributed by atoms with Gasteiger partial charge in [0.05, 0.1) is 0 Å². The molecule has 3 nitrogen and oxygen atoms in total. The van der Waals surface area contributed by atoms with Gasteiger partial charge in [-0.1, -0.05) is 0 Å². The van der Waals surface area contributed by atoms with Crippen LogP contribution in [-0.4, -0.2) is 62.7 Å². The smallest absolute Gasteiger partial charge is 0.0102 e. The van der Waals surface area contributed by atoms with Crippen molar-refractivity contribution in [1.82, 2.24) is 15.1 Å². The van der Waals surface area contributed by atoms with Gasteiger partial charge in [0.1, 0.15) is 0 Å². The zero-order valence-electron chi connectivity index (χ0n) is 12.0. The molecule has 2 aliphatic rings. The van der Waals surface area contributed by atoms with E-state index >= 15 is 0 Å². The molecule has 2 saturated heterocycles. The highest BCUT2D eigenvalue weighted by Crippen LogP contribution is 2.18. The molecule has 0 aromatic rings. The zero-order valence-corrected chi connectivity index (χ0v) is 12.8. The van der Waals surface area contributed by atoms with Gasteiger partial charge in [-0.15, -0.1) is 12.4 Å². The molecule has 0 radical (unpaired) electrons. The molecule has 108 valence electrons. The van der Waals surface area contributed by atoms with Gasteiger partial charge in [0.25, 0.3) is 0 Å². The first-order chi connectivity index (χ1) is 8.25. The van der Waals surface area contributed by atoms with Crippen molar-refractivity contribution in [1.29, 1.82) is 0 Å². The van der Waals surface area contributed by atoms with Crippen LogP contribution < -0.4 is 5.32 Å². The summed E-state index contributed by atoms with van der Waals surface area (Å²) in [6.45, 7) is 6.43. The standard InChI is InChI=1S/C14H29N3.ClH/c1-16(2)14-6-4-9-17(10-7-14)12-13-5-3-8-15-11-13;/h13-15H,3-12H2,1-2H3;1H. The minimum atomic E-state index is 0. The van der Waals surface area contributed by atoms with Crippen LogP contribution in [0.1, 0.15) is 32.1 Å². The lowest BCUT2D eigenvalue weighted by molar-refractivity contribution is 0.206. The van der Waals surface area contributed by atoms with Crippen LogP contribution in [0.25, 0.3) is 0 Å². The van der Waals surface area contributed by atoms with E-state index in [0.717, 1.165) is 12.0 Å². The third kappa shape index (κ3) is 5.04. The fraction of sp³-hybridized carbons (Fsp3) is 1.00. The highest BCUT2D eigenvalue weighted by molar-refractivity contribution is 5.85. The molecular weight excluding hydrogens is 246 g/mol. The SMILES string of the molecule is CN(C)C1CCCN(CC2CCCNC2)CC1.Cl. The molecule has 2 fully saturated rings. The average Bonchev–Trinajstić information content (AvgIpc) is 2.56. The topological polar surface area (TPSA) is 18.5 Å². The summed E-state index contributed by atoms with van der Waals surface area (Å²) < 4.78 is 0. The van der Waals surface area contributed by atoms with E-state index in [2.05, 4.69) is 29.2 Å². The van der Waals surface area contributed by atoms with Crippen LogP contribution in [0.3, 0.4) is 0 Å². The number of hydrogen-bond donors (Lipinski definition) is 1. The molecule has 0 spiro atoms. The van der Waals surface area contributed by atoms with Gasteiger partial charge in [-0.05, 0) is 78.3 Å². The van der Waals surface area contributed by atoms with E-state index in [-0.39, 0.29) is 12.4 Å². The van der Waals surface area contributed by atoms with Gasteiger partial charge in [-0.3, -0.25) is 0 Å². The van der Waals surface area contributed by atoms with E-state index in [1.54, 1.807) is 0 Å². The number of halogens is 1. The van der Waals surface area contributed by atoms with E-state index in [4.69, 9.17) is 0 Å². The minimum absolute atomic E-state index is 0. The highest BCUT2D eigenvalue weighted by atomic mass is 35.5. The van der Waals surface area contributed by atoms with Gasteiger partial charge in [-0.2, -0.15) is 0 Å². The van der Waals surface area contributed by atoms with Crippen molar-refractivity contribution in [3.05, 3.63) is 0 Å². The van der Waals surface area contributed by atoms with Crippen molar-refractivity contribution >= 4 is 12.4 Å². The molecule has 2 rings (SSSR count). The number of piperidine rings is 1. The zero-order chi connectivity index (χ0) is 12.1. The fourth-order valence-electron chi connectivity index (χ4n) is 3.28. The molecule has 4 heteroatoms. The van der Waals surface area contributed by atoms with Crippen molar-refractivity contribution in [2.45, 2.75) is 38.1 Å². The number of nitrogens with zero attached hydrogens (tertiary/aromatic N) is 2. The maximum Gasteiger partial charge on any atom is 0.0102 e. The third-order valence-corrected chi connectivity index (χ3v) is 4.44. The molecule has 2 heterocycles. The Labute approximate surface area is 119 Å².